The number of hydroxylamine groups is 2. The van der Waals surface area contributed by atoms with Crippen LogP contribution in [0.4, 0.5) is 0 Å². The van der Waals surface area contributed by atoms with Gasteiger partial charge in [-0.3, -0.25) is 4.79 Å². The molecule has 1 saturated heterocycles. The number of hydrogen-bond acceptors (Lipinski definition) is 3. The van der Waals surface area contributed by atoms with Crippen molar-refractivity contribution >= 4 is 29.0 Å². The van der Waals surface area contributed by atoms with Crippen molar-refractivity contribution in [3.63, 3.8) is 0 Å². The Morgan fingerprint density at radius 1 is 1.57 bits per heavy atom. The maximum atomic E-state index is 11.7. The van der Waals surface area contributed by atoms with Gasteiger partial charge in [0.2, 0.25) is 0 Å². The van der Waals surface area contributed by atoms with Crippen LogP contribution in [0, 0.1) is 5.92 Å². The molecule has 0 radical (unpaired) electrons. The summed E-state index contributed by atoms with van der Waals surface area (Å²) < 4.78 is 0. The second-order valence-corrected chi connectivity index (χ2v) is 5.43. The molecular formula is C9H15Cl2NO2. The maximum absolute atomic E-state index is 11.7. The number of carbonyl (C=O) groups excluding carboxylic acids is 1. The van der Waals surface area contributed by atoms with Crippen LogP contribution in [0.25, 0.3) is 0 Å². The maximum Gasteiger partial charge on any atom is 0.170 e. The highest BCUT2D eigenvalue weighted by Crippen LogP contribution is 2.39. The van der Waals surface area contributed by atoms with Crippen LogP contribution in [0.5, 0.6) is 0 Å². The molecule has 1 heterocycles. The molecule has 2 atom stereocenters. The highest BCUT2D eigenvalue weighted by molar-refractivity contribution is 6.54. The minimum Gasteiger partial charge on any atom is -0.313 e. The molecule has 5 heteroatoms. The first-order valence-electron chi connectivity index (χ1n) is 4.58. The van der Waals surface area contributed by atoms with E-state index in [-0.39, 0.29) is 17.7 Å². The number of alkyl halides is 2. The monoisotopic (exact) mass is 239 g/mol. The van der Waals surface area contributed by atoms with Gasteiger partial charge in [0, 0.05) is 12.0 Å². The second kappa shape index (κ2) is 3.97. The van der Waals surface area contributed by atoms with E-state index in [9.17, 15) is 10.0 Å². The summed E-state index contributed by atoms with van der Waals surface area (Å²) in [7, 11) is 0. The molecule has 1 aliphatic rings. The normalized spacial score (nSPS) is 32.5. The Labute approximate surface area is 93.9 Å². The van der Waals surface area contributed by atoms with Crippen LogP contribution >= 0.6 is 23.2 Å². The fourth-order valence-corrected chi connectivity index (χ4v) is 2.38. The van der Waals surface area contributed by atoms with Crippen molar-refractivity contribution < 1.29 is 10.0 Å². The zero-order chi connectivity index (χ0) is 11.1. The van der Waals surface area contributed by atoms with Crippen molar-refractivity contribution in [1.29, 1.82) is 0 Å². The highest BCUT2D eigenvalue weighted by Gasteiger charge is 2.49. The molecule has 1 fully saturated rings. The van der Waals surface area contributed by atoms with Gasteiger partial charge < -0.3 is 5.21 Å². The zero-order valence-corrected chi connectivity index (χ0v) is 10.0. The number of hydrogen-bond donors (Lipinski definition) is 1. The van der Waals surface area contributed by atoms with Gasteiger partial charge in [0.05, 0.1) is 5.54 Å². The van der Waals surface area contributed by atoms with Crippen molar-refractivity contribution in [2.24, 2.45) is 5.92 Å². The van der Waals surface area contributed by atoms with E-state index in [1.54, 1.807) is 0 Å². The summed E-state index contributed by atoms with van der Waals surface area (Å²) >= 11 is 11.1. The molecule has 0 aromatic carbocycles. The van der Waals surface area contributed by atoms with E-state index in [2.05, 4.69) is 0 Å². The third kappa shape index (κ3) is 1.91. The molecule has 3 nitrogen and oxygen atoms in total. The van der Waals surface area contributed by atoms with E-state index >= 15 is 0 Å². The summed E-state index contributed by atoms with van der Waals surface area (Å²) in [5.41, 5.74) is -0.585. The lowest BCUT2D eigenvalue weighted by Crippen LogP contribution is -2.45. The van der Waals surface area contributed by atoms with Crippen LogP contribution in [-0.2, 0) is 4.79 Å². The Morgan fingerprint density at radius 2 is 2.07 bits per heavy atom. The summed E-state index contributed by atoms with van der Waals surface area (Å²) in [5.74, 6) is -0.510. The third-order valence-corrected chi connectivity index (χ3v) is 3.43. The molecule has 1 rings (SSSR count). The average molecular weight is 240 g/mol. The van der Waals surface area contributed by atoms with E-state index in [0.29, 0.717) is 6.42 Å². The first kappa shape index (κ1) is 12.2. The molecule has 0 bridgehead atoms. The van der Waals surface area contributed by atoms with E-state index in [1.807, 2.05) is 20.8 Å². The van der Waals surface area contributed by atoms with Crippen LogP contribution in [0.2, 0.25) is 0 Å². The smallest absolute Gasteiger partial charge is 0.170 e. The van der Waals surface area contributed by atoms with Gasteiger partial charge >= 0.3 is 0 Å². The number of carbonyl (C=O) groups is 1. The lowest BCUT2D eigenvalue weighted by Gasteiger charge is -2.32. The molecule has 1 N–H and O–H groups in total. The second-order valence-electron chi connectivity index (χ2n) is 4.34. The molecule has 0 amide bonds. The van der Waals surface area contributed by atoms with Gasteiger partial charge in [0.1, 0.15) is 0 Å². The van der Waals surface area contributed by atoms with Crippen molar-refractivity contribution in [2.45, 2.75) is 43.6 Å². The molecule has 0 spiro atoms. The summed E-state index contributed by atoms with van der Waals surface area (Å²) in [5, 5.41) is 10.9. The predicted molar refractivity (Wildman–Crippen MR) is 55.8 cm³/mol. The summed E-state index contributed by atoms with van der Waals surface area (Å²) in [6, 6.07) is -0.0361. The van der Waals surface area contributed by atoms with Gasteiger partial charge in [-0.2, -0.15) is 5.06 Å². The van der Waals surface area contributed by atoms with Gasteiger partial charge in [-0.05, 0) is 27.2 Å². The lowest BCUT2D eigenvalue weighted by atomic mass is 9.85. The number of ketones is 1. The quantitative estimate of drug-likeness (QED) is 0.752. The molecule has 2 unspecified atom stereocenters. The highest BCUT2D eigenvalue weighted by atomic mass is 35.5. The van der Waals surface area contributed by atoms with E-state index in [4.69, 9.17) is 23.2 Å². The summed E-state index contributed by atoms with van der Waals surface area (Å²) in [6.45, 7) is 5.50. The number of Topliss-reactive ketones (excluding diaryl/α,β-unsaturated/α-hetero) is 1. The zero-order valence-electron chi connectivity index (χ0n) is 8.50. The van der Waals surface area contributed by atoms with Gasteiger partial charge in [-0.15, -0.1) is 0 Å². The van der Waals surface area contributed by atoms with Crippen molar-refractivity contribution in [3.8, 4) is 0 Å². The van der Waals surface area contributed by atoms with Crippen LogP contribution in [0.15, 0.2) is 0 Å². The molecule has 14 heavy (non-hydrogen) atoms. The van der Waals surface area contributed by atoms with E-state index in [0.717, 1.165) is 0 Å². The van der Waals surface area contributed by atoms with E-state index < -0.39 is 10.4 Å². The molecule has 0 aromatic heterocycles. The Kier molecular flexibility index (Phi) is 3.47. The largest absolute Gasteiger partial charge is 0.313 e. The molecule has 0 aromatic rings. The first-order chi connectivity index (χ1) is 6.28. The Hall–Kier alpha value is 0.170. The molecule has 1 aliphatic heterocycles. The van der Waals surface area contributed by atoms with Crippen LogP contribution in [0.3, 0.4) is 0 Å². The van der Waals surface area contributed by atoms with Crippen LogP contribution < -0.4 is 0 Å². The summed E-state index contributed by atoms with van der Waals surface area (Å²) in [4.78, 5) is 10.6. The van der Waals surface area contributed by atoms with Gasteiger partial charge in [-0.25, -0.2) is 0 Å². The topological polar surface area (TPSA) is 40.5 Å². The van der Waals surface area contributed by atoms with Crippen LogP contribution in [-0.4, -0.2) is 32.5 Å². The van der Waals surface area contributed by atoms with Crippen molar-refractivity contribution in [3.05, 3.63) is 0 Å². The number of halogens is 2. The standard InChI is InChI=1S/C9H15Cl2NO2/c1-5-4-6(7(13)8(10)11)9(2,3)12(5)14/h5-6,8,14H,4H2,1-3H3. The Morgan fingerprint density at radius 3 is 2.36 bits per heavy atom. The Bertz CT molecular complexity index is 243. The fraction of sp³-hybridized carbons (Fsp3) is 0.889. The van der Waals surface area contributed by atoms with Crippen molar-refractivity contribution in [2.75, 3.05) is 0 Å². The number of rotatable bonds is 2. The van der Waals surface area contributed by atoms with Crippen LogP contribution in [0.1, 0.15) is 27.2 Å². The number of nitrogens with zero attached hydrogens (tertiary/aromatic N) is 1. The third-order valence-electron chi connectivity index (χ3n) is 3.00. The minimum atomic E-state index is -1.00. The fourth-order valence-electron chi connectivity index (χ4n) is 2.07. The van der Waals surface area contributed by atoms with Gasteiger partial charge in [-0.1, -0.05) is 23.2 Å². The first-order valence-corrected chi connectivity index (χ1v) is 5.46. The Balaban J connectivity index is 2.87. The van der Waals surface area contributed by atoms with Gasteiger partial charge in [0.25, 0.3) is 0 Å². The average Bonchev–Trinajstić information content (AvgIpc) is 2.28. The molecule has 82 valence electrons. The van der Waals surface area contributed by atoms with Gasteiger partial charge in [0.15, 0.2) is 10.6 Å². The lowest BCUT2D eigenvalue weighted by molar-refractivity contribution is -0.169. The van der Waals surface area contributed by atoms with Crippen molar-refractivity contribution in [1.82, 2.24) is 5.06 Å². The SMILES string of the molecule is CC1CC(C(=O)C(Cl)Cl)C(C)(C)N1O. The minimum absolute atomic E-state index is 0.0361. The molecule has 0 saturated carbocycles. The van der Waals surface area contributed by atoms with E-state index in [1.165, 1.54) is 5.06 Å². The summed E-state index contributed by atoms with van der Waals surface area (Å²) in [6.07, 6.45) is 0.596. The molecular weight excluding hydrogens is 225 g/mol. The predicted octanol–water partition coefficient (Wildman–Crippen LogP) is 2.24. The molecule has 0 aliphatic carbocycles.